The first-order valence-electron chi connectivity index (χ1n) is 6.74. The number of rotatable bonds is 6. The Labute approximate surface area is 128 Å². The van der Waals surface area contributed by atoms with Gasteiger partial charge in [-0.05, 0) is 26.0 Å². The first-order valence-corrected chi connectivity index (χ1v) is 7.73. The zero-order chi connectivity index (χ0) is 15.5. The minimum Gasteiger partial charge on any atom is -0.507 e. The number of phenols is 1. The van der Waals surface area contributed by atoms with E-state index in [2.05, 4.69) is 4.99 Å². The number of phenolic OH excluding ortho intramolecular Hbond substituents is 1. The second kappa shape index (κ2) is 6.49. The third kappa shape index (κ3) is 3.98. The van der Waals surface area contributed by atoms with E-state index in [1.807, 2.05) is 13.8 Å². The maximum Gasteiger partial charge on any atom is 0.145 e. The number of aromatic hydroxyl groups is 1. The second-order valence-electron chi connectivity index (χ2n) is 5.46. The molecule has 1 atom stereocenters. The van der Waals surface area contributed by atoms with Crippen molar-refractivity contribution in [1.29, 1.82) is 0 Å². The van der Waals surface area contributed by atoms with Crippen molar-refractivity contribution in [2.75, 3.05) is 12.4 Å². The maximum atomic E-state index is 10.7. The molecule has 0 aliphatic carbocycles. The number of carbonyl (C=O) groups is 1. The van der Waals surface area contributed by atoms with Gasteiger partial charge in [-0.15, -0.1) is 11.8 Å². The third-order valence-electron chi connectivity index (χ3n) is 3.14. The lowest BCUT2D eigenvalue weighted by molar-refractivity contribution is -0.108. The highest BCUT2D eigenvalue weighted by atomic mass is 32.2. The van der Waals surface area contributed by atoms with Gasteiger partial charge in [-0.25, -0.2) is 0 Å². The number of aliphatic hydroxyl groups excluding tert-OH is 1. The molecule has 2 N–H and O–H groups in total. The number of hydrogen-bond donors (Lipinski definition) is 2. The minimum absolute atomic E-state index is 0.0393. The van der Waals surface area contributed by atoms with Gasteiger partial charge in [-0.3, -0.25) is 4.99 Å². The SMILES string of the molecule is CC(C)(CCO)Oc1ccc(C2=NC(C=O)CS2)c(O)c1. The largest absolute Gasteiger partial charge is 0.507 e. The van der Waals surface area contributed by atoms with E-state index in [-0.39, 0.29) is 18.4 Å². The molecule has 114 valence electrons. The van der Waals surface area contributed by atoms with Gasteiger partial charge in [0.25, 0.3) is 0 Å². The Balaban J connectivity index is 2.17. The molecule has 1 aliphatic heterocycles. The van der Waals surface area contributed by atoms with E-state index in [1.54, 1.807) is 12.1 Å². The van der Waals surface area contributed by atoms with Crippen LogP contribution in [0.1, 0.15) is 25.8 Å². The first-order chi connectivity index (χ1) is 9.95. The van der Waals surface area contributed by atoms with Crippen molar-refractivity contribution < 1.29 is 19.7 Å². The summed E-state index contributed by atoms with van der Waals surface area (Å²) in [5.41, 5.74) is 0.0990. The van der Waals surface area contributed by atoms with Crippen LogP contribution in [-0.2, 0) is 4.79 Å². The van der Waals surface area contributed by atoms with E-state index in [0.717, 1.165) is 6.29 Å². The molecule has 0 amide bonds. The zero-order valence-corrected chi connectivity index (χ0v) is 12.9. The van der Waals surface area contributed by atoms with E-state index in [1.165, 1.54) is 17.8 Å². The van der Waals surface area contributed by atoms with Crippen molar-refractivity contribution in [1.82, 2.24) is 0 Å². The number of hydrogen-bond acceptors (Lipinski definition) is 6. The van der Waals surface area contributed by atoms with Gasteiger partial charge < -0.3 is 19.7 Å². The van der Waals surface area contributed by atoms with E-state index >= 15 is 0 Å². The summed E-state index contributed by atoms with van der Waals surface area (Å²) in [6.07, 6.45) is 1.31. The highest BCUT2D eigenvalue weighted by Gasteiger charge is 2.23. The summed E-state index contributed by atoms with van der Waals surface area (Å²) >= 11 is 1.45. The van der Waals surface area contributed by atoms with Gasteiger partial charge in [0.05, 0.1) is 0 Å². The number of nitrogens with zero attached hydrogens (tertiary/aromatic N) is 1. The summed E-state index contributed by atoms with van der Waals surface area (Å²) in [4.78, 5) is 15.0. The van der Waals surface area contributed by atoms with Crippen LogP contribution in [-0.4, -0.2) is 45.5 Å². The van der Waals surface area contributed by atoms with Crippen LogP contribution in [0.25, 0.3) is 0 Å². The molecule has 1 aromatic rings. The van der Waals surface area contributed by atoms with Gasteiger partial charge in [-0.2, -0.15) is 0 Å². The fourth-order valence-electron chi connectivity index (χ4n) is 2.00. The zero-order valence-electron chi connectivity index (χ0n) is 12.1. The van der Waals surface area contributed by atoms with E-state index in [0.29, 0.717) is 28.5 Å². The summed E-state index contributed by atoms with van der Waals surface area (Å²) in [6, 6.07) is 4.69. The van der Waals surface area contributed by atoms with Crippen LogP contribution in [0.2, 0.25) is 0 Å². The summed E-state index contributed by atoms with van der Waals surface area (Å²) < 4.78 is 5.76. The highest BCUT2D eigenvalue weighted by Crippen LogP contribution is 2.32. The molecule has 1 aromatic carbocycles. The standard InChI is InChI=1S/C15H19NO4S/c1-15(2,5-6-17)20-11-3-4-12(13(19)7-11)14-16-10(8-18)9-21-14/h3-4,7-8,10,17,19H,5-6,9H2,1-2H3. The smallest absolute Gasteiger partial charge is 0.145 e. The summed E-state index contributed by atoms with van der Waals surface area (Å²) in [7, 11) is 0. The fourth-order valence-corrected chi connectivity index (χ4v) is 3.02. The maximum absolute atomic E-state index is 10.7. The van der Waals surface area contributed by atoms with Gasteiger partial charge in [0.1, 0.15) is 34.5 Å². The molecule has 0 bridgehead atoms. The average molecular weight is 309 g/mol. The molecule has 1 heterocycles. The molecule has 0 radical (unpaired) electrons. The number of aliphatic imine (C=N–C) groups is 1. The van der Waals surface area contributed by atoms with Crippen LogP contribution in [0, 0.1) is 0 Å². The molecule has 6 heteroatoms. The Morgan fingerprint density at radius 2 is 2.29 bits per heavy atom. The summed E-state index contributed by atoms with van der Waals surface area (Å²) in [6.45, 7) is 3.79. The lowest BCUT2D eigenvalue weighted by Crippen LogP contribution is -2.29. The van der Waals surface area contributed by atoms with Crippen LogP contribution >= 0.6 is 11.8 Å². The van der Waals surface area contributed by atoms with Crippen LogP contribution in [0.5, 0.6) is 11.5 Å². The predicted octanol–water partition coefficient (Wildman–Crippen LogP) is 1.99. The van der Waals surface area contributed by atoms with Crippen LogP contribution in [0.15, 0.2) is 23.2 Å². The van der Waals surface area contributed by atoms with Crippen molar-refractivity contribution in [3.8, 4) is 11.5 Å². The highest BCUT2D eigenvalue weighted by molar-refractivity contribution is 8.14. The van der Waals surface area contributed by atoms with Crippen molar-refractivity contribution in [3.63, 3.8) is 0 Å². The normalized spacial score (nSPS) is 18.4. The molecule has 21 heavy (non-hydrogen) atoms. The number of aliphatic hydroxyl groups is 1. The number of aldehydes is 1. The van der Waals surface area contributed by atoms with Crippen molar-refractivity contribution in [3.05, 3.63) is 23.8 Å². The Kier molecular flexibility index (Phi) is 4.90. The summed E-state index contributed by atoms with van der Waals surface area (Å²) in [5, 5.41) is 19.8. The van der Waals surface area contributed by atoms with E-state index < -0.39 is 5.60 Å². The summed E-state index contributed by atoms with van der Waals surface area (Å²) in [5.74, 6) is 1.22. The van der Waals surface area contributed by atoms with Gasteiger partial charge in [0.2, 0.25) is 0 Å². The molecule has 0 spiro atoms. The monoisotopic (exact) mass is 309 g/mol. The molecule has 0 fully saturated rings. The molecule has 2 rings (SSSR count). The average Bonchev–Trinajstić information content (AvgIpc) is 2.86. The lowest BCUT2D eigenvalue weighted by atomic mass is 10.1. The first kappa shape index (κ1) is 15.9. The predicted molar refractivity (Wildman–Crippen MR) is 83.4 cm³/mol. The van der Waals surface area contributed by atoms with Gasteiger partial charge in [-0.1, -0.05) is 0 Å². The van der Waals surface area contributed by atoms with Crippen LogP contribution < -0.4 is 4.74 Å². The number of thioether (sulfide) groups is 1. The van der Waals surface area contributed by atoms with Crippen molar-refractivity contribution >= 4 is 23.1 Å². The van der Waals surface area contributed by atoms with Crippen LogP contribution in [0.3, 0.4) is 0 Å². The van der Waals surface area contributed by atoms with Gasteiger partial charge in [0, 0.05) is 30.4 Å². The lowest BCUT2D eigenvalue weighted by Gasteiger charge is -2.25. The topological polar surface area (TPSA) is 79.1 Å². The molecule has 1 unspecified atom stereocenters. The number of ether oxygens (including phenoxy) is 1. The molecular weight excluding hydrogens is 290 g/mol. The van der Waals surface area contributed by atoms with Gasteiger partial charge >= 0.3 is 0 Å². The minimum atomic E-state index is -0.509. The van der Waals surface area contributed by atoms with Crippen molar-refractivity contribution in [2.45, 2.75) is 31.9 Å². The van der Waals surface area contributed by atoms with Gasteiger partial charge in [0.15, 0.2) is 0 Å². The molecule has 1 aliphatic rings. The molecule has 0 aromatic heterocycles. The Bertz CT molecular complexity index is 557. The molecular formula is C15H19NO4S. The number of benzene rings is 1. The molecule has 5 nitrogen and oxygen atoms in total. The van der Waals surface area contributed by atoms with Crippen LogP contribution in [0.4, 0.5) is 0 Å². The Morgan fingerprint density at radius 1 is 1.52 bits per heavy atom. The molecule has 0 saturated carbocycles. The third-order valence-corrected chi connectivity index (χ3v) is 4.25. The Morgan fingerprint density at radius 3 is 2.86 bits per heavy atom. The number of carbonyl (C=O) groups excluding carboxylic acids is 1. The fraction of sp³-hybridized carbons (Fsp3) is 0.467. The van der Waals surface area contributed by atoms with E-state index in [4.69, 9.17) is 9.84 Å². The van der Waals surface area contributed by atoms with Crippen molar-refractivity contribution in [2.24, 2.45) is 4.99 Å². The van der Waals surface area contributed by atoms with E-state index in [9.17, 15) is 9.90 Å². The second-order valence-corrected chi connectivity index (χ2v) is 6.47. The Hall–Kier alpha value is -1.53. The quantitative estimate of drug-likeness (QED) is 0.786. The molecule has 0 saturated heterocycles.